The number of ether oxygens (including phenoxy) is 1. The van der Waals surface area contributed by atoms with Gasteiger partial charge in [0.15, 0.2) is 0 Å². The standard InChI is InChI=1S/C10H15N3O2/c1-8-6-15-9(2)5-13(8)10(14)12-4-3-11-7-12/h3-4,7-9H,5-6H2,1-2H3. The second-order valence-electron chi connectivity index (χ2n) is 3.90. The molecule has 2 rings (SSSR count). The molecule has 1 aliphatic rings. The average molecular weight is 209 g/mol. The third-order valence-corrected chi connectivity index (χ3v) is 2.58. The number of rotatable bonds is 0. The molecule has 5 nitrogen and oxygen atoms in total. The van der Waals surface area contributed by atoms with E-state index in [1.54, 1.807) is 12.4 Å². The predicted molar refractivity (Wildman–Crippen MR) is 54.6 cm³/mol. The Bertz CT molecular complexity index is 336. The van der Waals surface area contributed by atoms with E-state index in [2.05, 4.69) is 4.98 Å². The maximum absolute atomic E-state index is 12.0. The van der Waals surface area contributed by atoms with E-state index in [4.69, 9.17) is 4.74 Å². The lowest BCUT2D eigenvalue weighted by Gasteiger charge is -2.36. The van der Waals surface area contributed by atoms with Gasteiger partial charge in [-0.15, -0.1) is 0 Å². The molecule has 0 bridgehead atoms. The van der Waals surface area contributed by atoms with Gasteiger partial charge in [0.1, 0.15) is 6.33 Å². The molecule has 1 aliphatic heterocycles. The molecule has 1 fully saturated rings. The van der Waals surface area contributed by atoms with E-state index in [-0.39, 0.29) is 18.2 Å². The SMILES string of the molecule is CC1CN(C(=O)n2ccnc2)C(C)CO1. The first-order chi connectivity index (χ1) is 7.18. The number of imidazole rings is 1. The van der Waals surface area contributed by atoms with E-state index in [0.717, 1.165) is 0 Å². The molecule has 15 heavy (non-hydrogen) atoms. The van der Waals surface area contributed by atoms with Crippen molar-refractivity contribution in [1.82, 2.24) is 14.5 Å². The van der Waals surface area contributed by atoms with Crippen LogP contribution in [0.3, 0.4) is 0 Å². The van der Waals surface area contributed by atoms with Gasteiger partial charge in [-0.05, 0) is 13.8 Å². The van der Waals surface area contributed by atoms with Gasteiger partial charge in [0.05, 0.1) is 18.8 Å². The monoisotopic (exact) mass is 209 g/mol. The minimum atomic E-state index is -0.0323. The molecular weight excluding hydrogens is 194 g/mol. The van der Waals surface area contributed by atoms with E-state index < -0.39 is 0 Å². The minimum Gasteiger partial charge on any atom is -0.375 e. The van der Waals surface area contributed by atoms with Gasteiger partial charge >= 0.3 is 6.03 Å². The summed E-state index contributed by atoms with van der Waals surface area (Å²) in [5.41, 5.74) is 0. The van der Waals surface area contributed by atoms with Gasteiger partial charge in [0, 0.05) is 18.9 Å². The Morgan fingerprint density at radius 1 is 1.53 bits per heavy atom. The minimum absolute atomic E-state index is 0.0323. The molecule has 1 amide bonds. The lowest BCUT2D eigenvalue weighted by atomic mass is 10.2. The lowest BCUT2D eigenvalue weighted by molar-refractivity contribution is -0.0315. The first-order valence-electron chi connectivity index (χ1n) is 5.09. The summed E-state index contributed by atoms with van der Waals surface area (Å²) in [5.74, 6) is 0. The van der Waals surface area contributed by atoms with Crippen molar-refractivity contribution in [3.63, 3.8) is 0 Å². The van der Waals surface area contributed by atoms with Gasteiger partial charge in [-0.2, -0.15) is 0 Å². The highest BCUT2D eigenvalue weighted by molar-refractivity contribution is 5.77. The summed E-state index contributed by atoms with van der Waals surface area (Å²) in [6, 6.07) is 0.0891. The maximum atomic E-state index is 12.0. The highest BCUT2D eigenvalue weighted by Crippen LogP contribution is 2.12. The first kappa shape index (κ1) is 10.2. The highest BCUT2D eigenvalue weighted by atomic mass is 16.5. The molecule has 2 atom stereocenters. The summed E-state index contributed by atoms with van der Waals surface area (Å²) in [6.07, 6.45) is 4.89. The van der Waals surface area contributed by atoms with Crippen LogP contribution in [0.4, 0.5) is 4.79 Å². The fourth-order valence-electron chi connectivity index (χ4n) is 1.69. The van der Waals surface area contributed by atoms with Crippen molar-refractivity contribution in [3.8, 4) is 0 Å². The summed E-state index contributed by atoms with van der Waals surface area (Å²) in [6.45, 7) is 5.20. The van der Waals surface area contributed by atoms with Crippen molar-refractivity contribution in [3.05, 3.63) is 18.7 Å². The molecule has 1 saturated heterocycles. The van der Waals surface area contributed by atoms with E-state index in [9.17, 15) is 4.79 Å². The third kappa shape index (κ3) is 2.02. The maximum Gasteiger partial charge on any atom is 0.329 e. The van der Waals surface area contributed by atoms with Gasteiger partial charge in [-0.25, -0.2) is 9.78 Å². The number of nitrogens with zero attached hydrogens (tertiary/aromatic N) is 3. The average Bonchev–Trinajstić information content (AvgIpc) is 2.74. The Balaban J connectivity index is 2.12. The number of carbonyl (C=O) groups excluding carboxylic acids is 1. The molecule has 0 saturated carbocycles. The molecule has 2 heterocycles. The van der Waals surface area contributed by atoms with Crippen molar-refractivity contribution in [2.75, 3.05) is 13.2 Å². The Kier molecular flexibility index (Phi) is 2.73. The van der Waals surface area contributed by atoms with Crippen LogP contribution in [0.25, 0.3) is 0 Å². The van der Waals surface area contributed by atoms with Crippen LogP contribution in [0.2, 0.25) is 0 Å². The quantitative estimate of drug-likeness (QED) is 0.639. The molecule has 0 aliphatic carbocycles. The summed E-state index contributed by atoms with van der Waals surface area (Å²) >= 11 is 0. The lowest BCUT2D eigenvalue weighted by Crippen LogP contribution is -2.51. The number of hydrogen-bond acceptors (Lipinski definition) is 3. The summed E-state index contributed by atoms with van der Waals surface area (Å²) in [7, 11) is 0. The van der Waals surface area contributed by atoms with Crippen molar-refractivity contribution < 1.29 is 9.53 Å². The number of aromatic nitrogens is 2. The van der Waals surface area contributed by atoms with E-state index >= 15 is 0 Å². The Morgan fingerprint density at radius 3 is 3.00 bits per heavy atom. The summed E-state index contributed by atoms with van der Waals surface area (Å²) in [4.78, 5) is 17.7. The second-order valence-corrected chi connectivity index (χ2v) is 3.90. The molecule has 0 aromatic carbocycles. The third-order valence-electron chi connectivity index (χ3n) is 2.58. The second kappa shape index (κ2) is 4.02. The zero-order valence-corrected chi connectivity index (χ0v) is 8.96. The zero-order chi connectivity index (χ0) is 10.8. The zero-order valence-electron chi connectivity index (χ0n) is 8.96. The van der Waals surface area contributed by atoms with E-state index in [1.165, 1.54) is 10.9 Å². The highest BCUT2D eigenvalue weighted by Gasteiger charge is 2.28. The molecule has 1 aromatic heterocycles. The number of hydrogen-bond donors (Lipinski definition) is 0. The van der Waals surface area contributed by atoms with Gasteiger partial charge in [-0.1, -0.05) is 0 Å². The smallest absolute Gasteiger partial charge is 0.329 e. The van der Waals surface area contributed by atoms with Crippen LogP contribution in [0.5, 0.6) is 0 Å². The topological polar surface area (TPSA) is 47.4 Å². The van der Waals surface area contributed by atoms with Crippen LogP contribution in [0.15, 0.2) is 18.7 Å². The largest absolute Gasteiger partial charge is 0.375 e. The van der Waals surface area contributed by atoms with Gasteiger partial charge < -0.3 is 9.64 Å². The van der Waals surface area contributed by atoms with Crippen molar-refractivity contribution in [2.24, 2.45) is 0 Å². The Morgan fingerprint density at radius 2 is 2.33 bits per heavy atom. The van der Waals surface area contributed by atoms with E-state index in [0.29, 0.717) is 13.2 Å². The van der Waals surface area contributed by atoms with Crippen molar-refractivity contribution in [1.29, 1.82) is 0 Å². The summed E-state index contributed by atoms with van der Waals surface area (Å²) in [5, 5.41) is 0. The molecule has 0 N–H and O–H groups in total. The molecule has 1 aromatic rings. The predicted octanol–water partition coefficient (Wildman–Crippen LogP) is 0.960. The van der Waals surface area contributed by atoms with Crippen molar-refractivity contribution >= 4 is 6.03 Å². The fraction of sp³-hybridized carbons (Fsp3) is 0.600. The van der Waals surface area contributed by atoms with Crippen molar-refractivity contribution in [2.45, 2.75) is 26.0 Å². The molecular formula is C10H15N3O2. The van der Waals surface area contributed by atoms with Crippen LogP contribution < -0.4 is 0 Å². The number of morpholine rings is 1. The Labute approximate surface area is 88.7 Å². The molecule has 0 spiro atoms. The molecule has 0 radical (unpaired) electrons. The van der Waals surface area contributed by atoms with Crippen LogP contribution in [0.1, 0.15) is 13.8 Å². The van der Waals surface area contributed by atoms with Gasteiger partial charge in [0.2, 0.25) is 0 Å². The molecule has 5 heteroatoms. The van der Waals surface area contributed by atoms with Gasteiger partial charge in [0.25, 0.3) is 0 Å². The summed E-state index contributed by atoms with van der Waals surface area (Å²) < 4.78 is 6.96. The van der Waals surface area contributed by atoms with Crippen LogP contribution in [0, 0.1) is 0 Å². The van der Waals surface area contributed by atoms with Crippen LogP contribution >= 0.6 is 0 Å². The Hall–Kier alpha value is -1.36. The van der Waals surface area contributed by atoms with E-state index in [1.807, 2.05) is 18.7 Å². The number of carbonyl (C=O) groups is 1. The fourth-order valence-corrected chi connectivity index (χ4v) is 1.69. The molecule has 2 unspecified atom stereocenters. The van der Waals surface area contributed by atoms with Crippen LogP contribution in [-0.4, -0.2) is 45.8 Å². The normalized spacial score (nSPS) is 26.7. The number of amides is 1. The first-order valence-corrected chi connectivity index (χ1v) is 5.09. The van der Waals surface area contributed by atoms with Gasteiger partial charge in [-0.3, -0.25) is 4.57 Å². The van der Waals surface area contributed by atoms with Crippen LogP contribution in [-0.2, 0) is 4.74 Å². The molecule has 82 valence electrons.